The Hall–Kier alpha value is -1.00. The lowest BCUT2D eigenvalue weighted by atomic mass is 9.88. The summed E-state index contributed by atoms with van der Waals surface area (Å²) in [6, 6.07) is 2.55. The van der Waals surface area contributed by atoms with Crippen LogP contribution in [-0.2, 0) is 11.3 Å². The Morgan fingerprint density at radius 3 is 2.84 bits per heavy atom. The second-order valence-corrected chi connectivity index (χ2v) is 6.11. The normalized spacial score (nSPS) is 29.4. The zero-order valence-corrected chi connectivity index (χ0v) is 12.0. The quantitative estimate of drug-likeness (QED) is 0.903. The topological polar surface area (TPSA) is 47.0 Å². The molecule has 104 valence electrons. The number of ether oxygens (including phenoxy) is 1. The Labute approximate surface area is 115 Å². The van der Waals surface area contributed by atoms with Crippen molar-refractivity contribution in [3.05, 3.63) is 23.3 Å². The minimum atomic E-state index is 0.359. The molecule has 1 N–H and O–H groups in total. The van der Waals surface area contributed by atoms with Crippen molar-refractivity contribution in [1.82, 2.24) is 15.3 Å². The molecule has 1 aromatic heterocycles. The number of aromatic nitrogens is 2. The SMILES string of the molecule is Cc1cc(CNC(C)C)nc(C2CC3CCC2O3)n1. The van der Waals surface area contributed by atoms with E-state index in [9.17, 15) is 0 Å². The first-order valence-electron chi connectivity index (χ1n) is 7.35. The highest BCUT2D eigenvalue weighted by Crippen LogP contribution is 2.43. The Morgan fingerprint density at radius 1 is 1.37 bits per heavy atom. The van der Waals surface area contributed by atoms with E-state index >= 15 is 0 Å². The standard InChI is InChI=1S/C15H23N3O/c1-9(2)16-8-11-6-10(3)17-15(18-11)13-7-12-4-5-14(13)19-12/h6,9,12-14,16H,4-5,7-8H2,1-3H3. The Morgan fingerprint density at radius 2 is 2.21 bits per heavy atom. The van der Waals surface area contributed by atoms with Crippen molar-refractivity contribution in [3.8, 4) is 0 Å². The maximum absolute atomic E-state index is 5.92. The van der Waals surface area contributed by atoms with E-state index in [4.69, 9.17) is 9.72 Å². The number of hydrogen-bond donors (Lipinski definition) is 1. The van der Waals surface area contributed by atoms with Gasteiger partial charge in [-0.05, 0) is 32.3 Å². The molecule has 0 aromatic carbocycles. The lowest BCUT2D eigenvalue weighted by Crippen LogP contribution is -2.24. The van der Waals surface area contributed by atoms with Crippen molar-refractivity contribution in [2.24, 2.45) is 0 Å². The van der Waals surface area contributed by atoms with Crippen LogP contribution in [0.5, 0.6) is 0 Å². The van der Waals surface area contributed by atoms with Crippen LogP contribution in [0.3, 0.4) is 0 Å². The smallest absolute Gasteiger partial charge is 0.134 e. The summed E-state index contributed by atoms with van der Waals surface area (Å²) < 4.78 is 5.92. The molecular weight excluding hydrogens is 238 g/mol. The molecule has 2 saturated heterocycles. The summed E-state index contributed by atoms with van der Waals surface area (Å²) in [5.41, 5.74) is 2.16. The van der Waals surface area contributed by atoms with Gasteiger partial charge in [-0.25, -0.2) is 9.97 Å². The van der Waals surface area contributed by atoms with Crippen molar-refractivity contribution in [2.75, 3.05) is 0 Å². The average molecular weight is 261 g/mol. The van der Waals surface area contributed by atoms with Crippen LogP contribution < -0.4 is 5.32 Å². The molecule has 3 unspecified atom stereocenters. The highest BCUT2D eigenvalue weighted by molar-refractivity contribution is 5.15. The van der Waals surface area contributed by atoms with Gasteiger partial charge in [0.1, 0.15) is 5.82 Å². The van der Waals surface area contributed by atoms with E-state index in [1.165, 1.54) is 12.8 Å². The van der Waals surface area contributed by atoms with Crippen LogP contribution in [0, 0.1) is 6.92 Å². The first-order chi connectivity index (χ1) is 9.11. The molecule has 2 fully saturated rings. The summed E-state index contributed by atoms with van der Waals surface area (Å²) in [6.07, 6.45) is 4.31. The van der Waals surface area contributed by atoms with Gasteiger partial charge in [-0.1, -0.05) is 13.8 Å². The number of aryl methyl sites for hydroxylation is 1. The van der Waals surface area contributed by atoms with Crippen molar-refractivity contribution in [1.29, 1.82) is 0 Å². The minimum absolute atomic E-state index is 0.359. The zero-order chi connectivity index (χ0) is 13.4. The molecule has 0 amide bonds. The number of fused-ring (bicyclic) bond motifs is 2. The van der Waals surface area contributed by atoms with Gasteiger partial charge >= 0.3 is 0 Å². The highest BCUT2D eigenvalue weighted by atomic mass is 16.5. The van der Waals surface area contributed by atoms with Crippen molar-refractivity contribution < 1.29 is 4.74 Å². The van der Waals surface area contributed by atoms with Gasteiger partial charge < -0.3 is 10.1 Å². The van der Waals surface area contributed by atoms with E-state index in [2.05, 4.69) is 37.1 Å². The molecule has 3 heterocycles. The van der Waals surface area contributed by atoms with E-state index in [-0.39, 0.29) is 0 Å². The Balaban J connectivity index is 1.77. The van der Waals surface area contributed by atoms with Crippen molar-refractivity contribution in [2.45, 2.75) is 70.7 Å². The second kappa shape index (κ2) is 5.17. The summed E-state index contributed by atoms with van der Waals surface area (Å²) >= 11 is 0. The van der Waals surface area contributed by atoms with Gasteiger partial charge in [0.05, 0.1) is 17.9 Å². The summed E-state index contributed by atoms with van der Waals surface area (Å²) in [6.45, 7) is 7.17. The monoisotopic (exact) mass is 261 g/mol. The van der Waals surface area contributed by atoms with E-state index < -0.39 is 0 Å². The molecule has 2 aliphatic heterocycles. The lowest BCUT2D eigenvalue weighted by molar-refractivity contribution is 0.0998. The number of nitrogens with zero attached hydrogens (tertiary/aromatic N) is 2. The fraction of sp³-hybridized carbons (Fsp3) is 0.733. The van der Waals surface area contributed by atoms with Gasteiger partial charge in [0.25, 0.3) is 0 Å². The van der Waals surface area contributed by atoms with Gasteiger partial charge in [-0.3, -0.25) is 0 Å². The third kappa shape index (κ3) is 2.79. The van der Waals surface area contributed by atoms with Gasteiger partial charge in [0.15, 0.2) is 0 Å². The lowest BCUT2D eigenvalue weighted by Gasteiger charge is -2.18. The molecule has 0 saturated carbocycles. The van der Waals surface area contributed by atoms with Crippen LogP contribution in [0.4, 0.5) is 0 Å². The molecule has 0 radical (unpaired) electrons. The van der Waals surface area contributed by atoms with Crippen LogP contribution in [0.15, 0.2) is 6.07 Å². The molecule has 4 nitrogen and oxygen atoms in total. The van der Waals surface area contributed by atoms with E-state index in [1.54, 1.807) is 0 Å². The van der Waals surface area contributed by atoms with E-state index in [0.717, 1.165) is 30.2 Å². The van der Waals surface area contributed by atoms with Crippen LogP contribution in [0.1, 0.15) is 56.2 Å². The second-order valence-electron chi connectivity index (χ2n) is 6.11. The molecule has 2 aliphatic rings. The molecule has 3 atom stereocenters. The van der Waals surface area contributed by atoms with Crippen LogP contribution in [0.25, 0.3) is 0 Å². The maximum Gasteiger partial charge on any atom is 0.134 e. The number of rotatable bonds is 4. The van der Waals surface area contributed by atoms with Crippen LogP contribution >= 0.6 is 0 Å². The fourth-order valence-electron chi connectivity index (χ4n) is 3.13. The van der Waals surface area contributed by atoms with Crippen LogP contribution in [-0.4, -0.2) is 28.2 Å². The summed E-state index contributed by atoms with van der Waals surface area (Å²) in [5.74, 6) is 1.41. The zero-order valence-electron chi connectivity index (χ0n) is 12.0. The largest absolute Gasteiger partial charge is 0.374 e. The average Bonchev–Trinajstić information content (AvgIpc) is 2.98. The predicted molar refractivity (Wildman–Crippen MR) is 74.0 cm³/mol. The van der Waals surface area contributed by atoms with E-state index in [1.807, 2.05) is 0 Å². The maximum atomic E-state index is 5.92. The highest BCUT2D eigenvalue weighted by Gasteiger charge is 2.42. The summed E-state index contributed by atoms with van der Waals surface area (Å²) in [5, 5.41) is 3.42. The molecule has 0 aliphatic carbocycles. The van der Waals surface area contributed by atoms with Gasteiger partial charge in [-0.2, -0.15) is 0 Å². The van der Waals surface area contributed by atoms with Crippen LogP contribution in [0.2, 0.25) is 0 Å². The number of hydrogen-bond acceptors (Lipinski definition) is 4. The van der Waals surface area contributed by atoms with Crippen molar-refractivity contribution in [3.63, 3.8) is 0 Å². The third-order valence-electron chi connectivity index (χ3n) is 4.05. The first kappa shape index (κ1) is 13.0. The molecule has 19 heavy (non-hydrogen) atoms. The van der Waals surface area contributed by atoms with E-state index in [0.29, 0.717) is 24.2 Å². The summed E-state index contributed by atoms with van der Waals surface area (Å²) in [7, 11) is 0. The molecule has 4 heteroatoms. The van der Waals surface area contributed by atoms with Gasteiger partial charge in [-0.15, -0.1) is 0 Å². The Kier molecular flexibility index (Phi) is 3.54. The molecule has 0 spiro atoms. The molecule has 2 bridgehead atoms. The molecular formula is C15H23N3O. The fourth-order valence-corrected chi connectivity index (χ4v) is 3.13. The van der Waals surface area contributed by atoms with Gasteiger partial charge in [0, 0.05) is 24.2 Å². The summed E-state index contributed by atoms with van der Waals surface area (Å²) in [4.78, 5) is 9.40. The Bertz CT molecular complexity index is 461. The van der Waals surface area contributed by atoms with Gasteiger partial charge in [0.2, 0.25) is 0 Å². The third-order valence-corrected chi connectivity index (χ3v) is 4.05. The van der Waals surface area contributed by atoms with Crippen molar-refractivity contribution >= 4 is 0 Å². The molecule has 3 rings (SSSR count). The number of nitrogens with one attached hydrogen (secondary N) is 1. The minimum Gasteiger partial charge on any atom is -0.374 e. The molecule has 1 aromatic rings. The predicted octanol–water partition coefficient (Wildman–Crippen LogP) is 2.32. The first-order valence-corrected chi connectivity index (χ1v) is 7.35.